The third-order valence-electron chi connectivity index (χ3n) is 3.69. The van der Waals surface area contributed by atoms with Crippen molar-refractivity contribution in [3.05, 3.63) is 35.4 Å². The van der Waals surface area contributed by atoms with Crippen molar-refractivity contribution in [2.24, 2.45) is 5.73 Å². The van der Waals surface area contributed by atoms with Crippen LogP contribution in [0.2, 0.25) is 0 Å². The number of primary amides is 1. The second-order valence-corrected chi connectivity index (χ2v) is 5.05. The Kier molecular flexibility index (Phi) is 4.23. The van der Waals surface area contributed by atoms with Crippen LogP contribution in [0.5, 0.6) is 0 Å². The number of nitrogens with one attached hydrogen (secondary N) is 1. The molecule has 0 aliphatic carbocycles. The summed E-state index contributed by atoms with van der Waals surface area (Å²) in [5.41, 5.74) is 6.57. The van der Waals surface area contributed by atoms with E-state index in [2.05, 4.69) is 0 Å². The van der Waals surface area contributed by atoms with Gasteiger partial charge in [0.2, 0.25) is 5.91 Å². The molecule has 0 saturated carbocycles. The van der Waals surface area contributed by atoms with Crippen LogP contribution in [0.1, 0.15) is 24.0 Å². The molecule has 4 N–H and O–H groups in total. The lowest BCUT2D eigenvalue weighted by Crippen LogP contribution is -2.51. The zero-order valence-corrected chi connectivity index (χ0v) is 11.6. The first-order chi connectivity index (χ1) is 9.90. The van der Waals surface area contributed by atoms with Gasteiger partial charge < -0.3 is 10.8 Å². The monoisotopic (exact) mass is 291 g/mol. The first kappa shape index (κ1) is 15.0. The van der Waals surface area contributed by atoms with Gasteiger partial charge in [-0.05, 0) is 18.1 Å². The van der Waals surface area contributed by atoms with E-state index in [0.717, 1.165) is 11.1 Å². The highest BCUT2D eigenvalue weighted by atomic mass is 16.4. The fourth-order valence-electron chi connectivity index (χ4n) is 2.53. The standard InChI is InChI=1S/C14H17N3O4/c1-8(12(18)16-14(15)21)17-6-9-4-2-3-5-10(9)11(7-17)13(19)20/h2-5,8,11H,6-7H2,1H3,(H,19,20)(H3,15,16,18,21). The fraction of sp³-hybridized carbons (Fsp3) is 0.357. The Bertz CT molecular complexity index is 587. The molecule has 7 nitrogen and oxygen atoms in total. The summed E-state index contributed by atoms with van der Waals surface area (Å²) >= 11 is 0. The Hall–Kier alpha value is -2.41. The minimum atomic E-state index is -0.936. The van der Waals surface area contributed by atoms with Gasteiger partial charge in [0, 0.05) is 13.1 Å². The number of amides is 3. The Morgan fingerprint density at radius 3 is 2.67 bits per heavy atom. The van der Waals surface area contributed by atoms with E-state index in [0.29, 0.717) is 6.54 Å². The minimum Gasteiger partial charge on any atom is -0.481 e. The quantitative estimate of drug-likeness (QED) is 0.739. The van der Waals surface area contributed by atoms with E-state index in [1.54, 1.807) is 24.0 Å². The second-order valence-electron chi connectivity index (χ2n) is 5.05. The van der Waals surface area contributed by atoms with Gasteiger partial charge in [-0.25, -0.2) is 4.79 Å². The molecular formula is C14H17N3O4. The molecule has 21 heavy (non-hydrogen) atoms. The molecule has 2 rings (SSSR count). The topological polar surface area (TPSA) is 113 Å². The number of nitrogens with zero attached hydrogens (tertiary/aromatic N) is 1. The van der Waals surface area contributed by atoms with Crippen LogP contribution in [0.15, 0.2) is 24.3 Å². The molecule has 2 atom stereocenters. The number of nitrogens with two attached hydrogens (primary N) is 1. The van der Waals surface area contributed by atoms with Crippen molar-refractivity contribution in [2.45, 2.75) is 25.4 Å². The average Bonchev–Trinajstić information content (AvgIpc) is 2.44. The molecule has 0 aromatic heterocycles. The normalized spacial score (nSPS) is 19.4. The van der Waals surface area contributed by atoms with Crippen LogP contribution < -0.4 is 11.1 Å². The van der Waals surface area contributed by atoms with Gasteiger partial charge in [0.05, 0.1) is 12.0 Å². The molecule has 1 aliphatic heterocycles. The van der Waals surface area contributed by atoms with Crippen LogP contribution in [-0.4, -0.2) is 40.5 Å². The number of rotatable bonds is 3. The highest BCUT2D eigenvalue weighted by molar-refractivity contribution is 5.96. The Balaban J connectivity index is 2.23. The van der Waals surface area contributed by atoms with Gasteiger partial charge in [-0.15, -0.1) is 0 Å². The second kappa shape index (κ2) is 5.92. The van der Waals surface area contributed by atoms with Crippen LogP contribution in [0.4, 0.5) is 4.79 Å². The average molecular weight is 291 g/mol. The maximum absolute atomic E-state index is 11.8. The summed E-state index contributed by atoms with van der Waals surface area (Å²) < 4.78 is 0. The van der Waals surface area contributed by atoms with Gasteiger partial charge in [0.15, 0.2) is 0 Å². The minimum absolute atomic E-state index is 0.208. The lowest BCUT2D eigenvalue weighted by Gasteiger charge is -2.35. The maximum atomic E-state index is 11.8. The Morgan fingerprint density at radius 2 is 2.05 bits per heavy atom. The third-order valence-corrected chi connectivity index (χ3v) is 3.69. The highest BCUT2D eigenvalue weighted by Gasteiger charge is 2.34. The van der Waals surface area contributed by atoms with Gasteiger partial charge >= 0.3 is 12.0 Å². The summed E-state index contributed by atoms with van der Waals surface area (Å²) in [5, 5.41) is 11.4. The molecule has 1 aromatic rings. The number of imide groups is 1. The number of carboxylic acids is 1. The SMILES string of the molecule is CC(C(=O)NC(N)=O)N1Cc2ccccc2C(C(=O)O)C1. The largest absolute Gasteiger partial charge is 0.481 e. The predicted octanol–water partition coefficient (Wildman–Crippen LogP) is 0.254. The van der Waals surface area contributed by atoms with Gasteiger partial charge in [-0.3, -0.25) is 19.8 Å². The lowest BCUT2D eigenvalue weighted by molar-refractivity contribution is -0.140. The Morgan fingerprint density at radius 1 is 1.38 bits per heavy atom. The summed E-state index contributed by atoms with van der Waals surface area (Å²) in [4.78, 5) is 35.7. The van der Waals surface area contributed by atoms with Crippen molar-refractivity contribution in [2.75, 3.05) is 6.54 Å². The molecule has 0 spiro atoms. The van der Waals surface area contributed by atoms with E-state index >= 15 is 0 Å². The van der Waals surface area contributed by atoms with Crippen molar-refractivity contribution in [1.29, 1.82) is 0 Å². The van der Waals surface area contributed by atoms with Crippen molar-refractivity contribution < 1.29 is 19.5 Å². The van der Waals surface area contributed by atoms with Crippen molar-refractivity contribution in [3.8, 4) is 0 Å². The van der Waals surface area contributed by atoms with Gasteiger partial charge in [0.25, 0.3) is 0 Å². The van der Waals surface area contributed by atoms with Gasteiger partial charge in [-0.1, -0.05) is 24.3 Å². The number of hydrogen-bond donors (Lipinski definition) is 3. The van der Waals surface area contributed by atoms with E-state index in [1.165, 1.54) is 0 Å². The van der Waals surface area contributed by atoms with Crippen molar-refractivity contribution >= 4 is 17.9 Å². The third kappa shape index (κ3) is 3.19. The van der Waals surface area contributed by atoms with Crippen molar-refractivity contribution in [3.63, 3.8) is 0 Å². The summed E-state index contributed by atoms with van der Waals surface area (Å²) in [7, 11) is 0. The number of fused-ring (bicyclic) bond motifs is 1. The van der Waals surface area contributed by atoms with Gasteiger partial charge in [-0.2, -0.15) is 0 Å². The maximum Gasteiger partial charge on any atom is 0.318 e. The molecule has 0 radical (unpaired) electrons. The fourth-order valence-corrected chi connectivity index (χ4v) is 2.53. The van der Waals surface area contributed by atoms with Crippen LogP contribution >= 0.6 is 0 Å². The number of hydrogen-bond acceptors (Lipinski definition) is 4. The van der Waals surface area contributed by atoms with Crippen LogP contribution in [0.3, 0.4) is 0 Å². The van der Waals surface area contributed by atoms with E-state index in [1.807, 2.05) is 17.4 Å². The molecule has 1 aliphatic rings. The van der Waals surface area contributed by atoms with Crippen LogP contribution in [0, 0.1) is 0 Å². The number of benzene rings is 1. The number of carbonyl (C=O) groups is 3. The molecule has 0 saturated heterocycles. The van der Waals surface area contributed by atoms with E-state index in [9.17, 15) is 19.5 Å². The van der Waals surface area contributed by atoms with E-state index in [-0.39, 0.29) is 6.54 Å². The molecule has 3 amide bonds. The summed E-state index contributed by atoms with van der Waals surface area (Å²) in [6.07, 6.45) is 0. The predicted molar refractivity (Wildman–Crippen MR) is 74.4 cm³/mol. The number of urea groups is 1. The molecule has 0 bridgehead atoms. The highest BCUT2D eigenvalue weighted by Crippen LogP contribution is 2.29. The first-order valence-electron chi connectivity index (χ1n) is 6.55. The van der Waals surface area contributed by atoms with E-state index in [4.69, 9.17) is 5.73 Å². The van der Waals surface area contributed by atoms with Crippen LogP contribution in [-0.2, 0) is 16.1 Å². The van der Waals surface area contributed by atoms with Gasteiger partial charge in [0.1, 0.15) is 0 Å². The zero-order chi connectivity index (χ0) is 15.6. The molecule has 2 unspecified atom stereocenters. The molecule has 0 fully saturated rings. The smallest absolute Gasteiger partial charge is 0.318 e. The molecule has 112 valence electrons. The molecule has 1 aromatic carbocycles. The van der Waals surface area contributed by atoms with Crippen molar-refractivity contribution in [1.82, 2.24) is 10.2 Å². The molecular weight excluding hydrogens is 274 g/mol. The Labute approximate surface area is 121 Å². The zero-order valence-electron chi connectivity index (χ0n) is 11.6. The summed E-state index contributed by atoms with van der Waals surface area (Å²) in [6.45, 7) is 2.28. The first-order valence-corrected chi connectivity index (χ1v) is 6.55. The number of carboxylic acid groups (broad SMARTS) is 1. The molecule has 7 heteroatoms. The summed E-state index contributed by atoms with van der Waals surface area (Å²) in [6, 6.07) is 5.70. The molecule has 1 heterocycles. The van der Waals surface area contributed by atoms with Crippen LogP contribution in [0.25, 0.3) is 0 Å². The summed E-state index contributed by atoms with van der Waals surface area (Å²) in [5.74, 6) is -2.17. The number of aliphatic carboxylic acids is 1. The van der Waals surface area contributed by atoms with E-state index < -0.39 is 29.9 Å². The lowest BCUT2D eigenvalue weighted by atomic mass is 9.89. The number of carbonyl (C=O) groups excluding carboxylic acids is 2.